The van der Waals surface area contributed by atoms with Gasteiger partial charge in [-0.15, -0.1) is 0 Å². The minimum Gasteiger partial charge on any atom is -0.462 e. The van der Waals surface area contributed by atoms with E-state index in [2.05, 4.69) is 17.0 Å². The van der Waals surface area contributed by atoms with Crippen molar-refractivity contribution in [3.63, 3.8) is 0 Å². The summed E-state index contributed by atoms with van der Waals surface area (Å²) in [5.74, 6) is -0.352. The molecule has 0 fully saturated rings. The molecule has 0 aromatic carbocycles. The second kappa shape index (κ2) is 4.44. The van der Waals surface area contributed by atoms with E-state index in [4.69, 9.17) is 0 Å². The summed E-state index contributed by atoms with van der Waals surface area (Å²) >= 11 is 4.67. The van der Waals surface area contributed by atoms with Gasteiger partial charge in [0.2, 0.25) is 0 Å². The summed E-state index contributed by atoms with van der Waals surface area (Å²) in [6.07, 6.45) is 0.591. The molecule has 52 valence electrons. The van der Waals surface area contributed by atoms with Gasteiger partial charge in [0.1, 0.15) is 0 Å². The fourth-order valence-electron chi connectivity index (χ4n) is 0.356. The SMILES string of the molecule is CCOC(=O)C(=S)CC. The van der Waals surface area contributed by atoms with Gasteiger partial charge in [-0.25, -0.2) is 4.79 Å². The van der Waals surface area contributed by atoms with E-state index in [0.29, 0.717) is 17.9 Å². The van der Waals surface area contributed by atoms with Crippen molar-refractivity contribution in [2.24, 2.45) is 0 Å². The maximum absolute atomic E-state index is 10.6. The molecule has 0 aromatic heterocycles. The van der Waals surface area contributed by atoms with Crippen molar-refractivity contribution in [3.05, 3.63) is 0 Å². The van der Waals surface area contributed by atoms with Crippen LogP contribution in [0.2, 0.25) is 0 Å². The highest BCUT2D eigenvalue weighted by molar-refractivity contribution is 7.82. The molecule has 0 atom stereocenters. The average Bonchev–Trinajstić information content (AvgIpc) is 1.87. The maximum Gasteiger partial charge on any atom is 0.344 e. The topological polar surface area (TPSA) is 26.3 Å². The van der Waals surface area contributed by atoms with Crippen LogP contribution in [0.25, 0.3) is 0 Å². The van der Waals surface area contributed by atoms with Gasteiger partial charge in [-0.1, -0.05) is 19.1 Å². The predicted octanol–water partition coefficient (Wildman–Crippen LogP) is 1.33. The molecule has 0 aliphatic rings. The van der Waals surface area contributed by atoms with E-state index in [9.17, 15) is 4.79 Å². The maximum atomic E-state index is 10.6. The molecule has 0 bridgehead atoms. The van der Waals surface area contributed by atoms with E-state index in [1.165, 1.54) is 0 Å². The minimum absolute atomic E-state index is 0.352. The third-order valence-electron chi connectivity index (χ3n) is 0.824. The number of esters is 1. The first kappa shape index (κ1) is 8.56. The first-order valence-corrected chi connectivity index (χ1v) is 3.33. The Morgan fingerprint density at radius 1 is 1.56 bits per heavy atom. The van der Waals surface area contributed by atoms with Crippen LogP contribution >= 0.6 is 12.2 Å². The van der Waals surface area contributed by atoms with Crippen LogP contribution in [-0.4, -0.2) is 17.4 Å². The summed E-state index contributed by atoms with van der Waals surface area (Å²) in [6.45, 7) is 3.99. The highest BCUT2D eigenvalue weighted by Crippen LogP contribution is 1.88. The van der Waals surface area contributed by atoms with Gasteiger partial charge in [0.25, 0.3) is 0 Å². The molecule has 9 heavy (non-hydrogen) atoms. The van der Waals surface area contributed by atoms with Crippen LogP contribution in [0.4, 0.5) is 0 Å². The zero-order valence-electron chi connectivity index (χ0n) is 5.64. The summed E-state index contributed by atoms with van der Waals surface area (Å²) in [5.41, 5.74) is 0. The molecule has 2 nitrogen and oxygen atoms in total. The van der Waals surface area contributed by atoms with E-state index < -0.39 is 0 Å². The van der Waals surface area contributed by atoms with Crippen LogP contribution < -0.4 is 0 Å². The van der Waals surface area contributed by atoms with Crippen molar-refractivity contribution in [2.45, 2.75) is 20.3 Å². The standard InChI is InChI=1S/C6H10O2S/c1-3-5(9)6(7)8-4-2/h3-4H2,1-2H3. The highest BCUT2D eigenvalue weighted by atomic mass is 32.1. The van der Waals surface area contributed by atoms with Crippen LogP contribution in [0.1, 0.15) is 20.3 Å². The van der Waals surface area contributed by atoms with Gasteiger partial charge in [0.05, 0.1) is 11.5 Å². The molecule has 0 N–H and O–H groups in total. The third-order valence-corrected chi connectivity index (χ3v) is 1.28. The van der Waals surface area contributed by atoms with Crippen LogP contribution in [0.5, 0.6) is 0 Å². The van der Waals surface area contributed by atoms with Crippen LogP contribution in [0.3, 0.4) is 0 Å². The highest BCUT2D eigenvalue weighted by Gasteiger charge is 2.05. The van der Waals surface area contributed by atoms with Crippen LogP contribution in [0.15, 0.2) is 0 Å². The lowest BCUT2D eigenvalue weighted by Gasteiger charge is -1.98. The fraction of sp³-hybridized carbons (Fsp3) is 0.667. The molecular formula is C6H10O2S. The molecule has 0 amide bonds. The summed E-state index contributed by atoms with van der Waals surface area (Å²) < 4.78 is 4.61. The smallest absolute Gasteiger partial charge is 0.344 e. The number of hydrogen-bond donors (Lipinski definition) is 0. The summed E-state index contributed by atoms with van der Waals surface area (Å²) in [5, 5.41) is 0. The summed E-state index contributed by atoms with van der Waals surface area (Å²) in [7, 11) is 0. The molecule has 0 spiro atoms. The minimum atomic E-state index is -0.352. The van der Waals surface area contributed by atoms with Gasteiger partial charge in [-0.3, -0.25) is 0 Å². The van der Waals surface area contributed by atoms with Crippen LogP contribution in [0, 0.1) is 0 Å². The Morgan fingerprint density at radius 2 is 2.11 bits per heavy atom. The lowest BCUT2D eigenvalue weighted by Crippen LogP contribution is -2.13. The van der Waals surface area contributed by atoms with Gasteiger partial charge < -0.3 is 4.74 Å². The Kier molecular flexibility index (Phi) is 4.22. The zero-order valence-corrected chi connectivity index (χ0v) is 6.46. The predicted molar refractivity (Wildman–Crippen MR) is 39.5 cm³/mol. The molecule has 0 saturated heterocycles. The van der Waals surface area contributed by atoms with Gasteiger partial charge in [0, 0.05) is 0 Å². The molecule has 0 unspecified atom stereocenters. The molecular weight excluding hydrogens is 136 g/mol. The van der Waals surface area contributed by atoms with E-state index in [1.54, 1.807) is 6.92 Å². The van der Waals surface area contributed by atoms with Crippen LogP contribution in [-0.2, 0) is 9.53 Å². The lowest BCUT2D eigenvalue weighted by atomic mass is 10.3. The Hall–Kier alpha value is -0.440. The molecule has 0 rings (SSSR count). The van der Waals surface area contributed by atoms with Gasteiger partial charge >= 0.3 is 5.97 Å². The van der Waals surface area contributed by atoms with Gasteiger partial charge in [0.15, 0.2) is 0 Å². The summed E-state index contributed by atoms with van der Waals surface area (Å²) in [4.78, 5) is 11.0. The third kappa shape index (κ3) is 3.19. The number of carbonyl (C=O) groups is 1. The van der Waals surface area contributed by atoms with E-state index in [0.717, 1.165) is 0 Å². The Balaban J connectivity index is 3.60. The molecule has 0 radical (unpaired) electrons. The largest absolute Gasteiger partial charge is 0.462 e. The normalized spacial score (nSPS) is 8.67. The molecule has 0 aliphatic carbocycles. The zero-order chi connectivity index (χ0) is 7.28. The Labute approximate surface area is 60.2 Å². The molecule has 3 heteroatoms. The lowest BCUT2D eigenvalue weighted by molar-refractivity contribution is -0.134. The van der Waals surface area contributed by atoms with Gasteiger partial charge in [-0.2, -0.15) is 0 Å². The van der Waals surface area contributed by atoms with Crippen molar-refractivity contribution in [1.82, 2.24) is 0 Å². The number of rotatable bonds is 3. The second-order valence-corrected chi connectivity index (χ2v) is 1.99. The monoisotopic (exact) mass is 146 g/mol. The first-order chi connectivity index (χ1) is 4.22. The molecule has 0 saturated carbocycles. The van der Waals surface area contributed by atoms with Crippen molar-refractivity contribution in [2.75, 3.05) is 6.61 Å². The van der Waals surface area contributed by atoms with Crippen molar-refractivity contribution >= 4 is 23.1 Å². The quantitative estimate of drug-likeness (QED) is 0.444. The van der Waals surface area contributed by atoms with Gasteiger partial charge in [-0.05, 0) is 13.3 Å². The van der Waals surface area contributed by atoms with Crippen molar-refractivity contribution in [3.8, 4) is 0 Å². The van der Waals surface area contributed by atoms with E-state index in [-0.39, 0.29) is 5.97 Å². The molecule has 0 aliphatic heterocycles. The first-order valence-electron chi connectivity index (χ1n) is 2.92. The van der Waals surface area contributed by atoms with E-state index in [1.807, 2.05) is 6.92 Å². The average molecular weight is 146 g/mol. The number of carbonyl (C=O) groups excluding carboxylic acids is 1. The second-order valence-electron chi connectivity index (χ2n) is 1.50. The molecule has 0 aromatic rings. The van der Waals surface area contributed by atoms with E-state index >= 15 is 0 Å². The number of ether oxygens (including phenoxy) is 1. The molecule has 0 heterocycles. The number of hydrogen-bond acceptors (Lipinski definition) is 3. The number of thiocarbonyl (C=S) groups is 1. The van der Waals surface area contributed by atoms with Crippen molar-refractivity contribution in [1.29, 1.82) is 0 Å². The fourth-order valence-corrected chi connectivity index (χ4v) is 0.415. The summed E-state index contributed by atoms with van der Waals surface area (Å²) in [6, 6.07) is 0. The Morgan fingerprint density at radius 3 is 2.44 bits per heavy atom. The van der Waals surface area contributed by atoms with Crippen molar-refractivity contribution < 1.29 is 9.53 Å². The Bertz CT molecular complexity index is 120.